The van der Waals surface area contributed by atoms with Gasteiger partial charge in [-0.15, -0.1) is 0 Å². The highest BCUT2D eigenvalue weighted by Gasteiger charge is 2.34. The number of para-hydroxylation sites is 6. The van der Waals surface area contributed by atoms with Crippen molar-refractivity contribution in [1.29, 1.82) is 5.26 Å². The van der Waals surface area contributed by atoms with Crippen LogP contribution in [-0.4, -0.2) is 13.7 Å². The molecule has 6 aromatic heterocycles. The third kappa shape index (κ3) is 5.14. The van der Waals surface area contributed by atoms with Gasteiger partial charge in [0.05, 0.1) is 78.5 Å². The van der Waals surface area contributed by atoms with Crippen LogP contribution in [0, 0.1) is 17.9 Å². The molecule has 350 valence electrons. The first kappa shape index (κ1) is 40.8. The molecule has 0 bridgehead atoms. The minimum Gasteiger partial charge on any atom is -0.455 e. The van der Waals surface area contributed by atoms with Crippen molar-refractivity contribution in [2.75, 3.05) is 0 Å². The van der Waals surface area contributed by atoms with Gasteiger partial charge in [-0.3, -0.25) is 0 Å². The Morgan fingerprint density at radius 2 is 0.697 bits per heavy atom. The van der Waals surface area contributed by atoms with Gasteiger partial charge < -0.3 is 27.0 Å². The van der Waals surface area contributed by atoms with Gasteiger partial charge in [0.2, 0.25) is 5.69 Å². The highest BCUT2D eigenvalue weighted by atomic mass is 16.3. The molecule has 76 heavy (non-hydrogen) atoms. The molecular weight excluding hydrogens is 935 g/mol. The SMILES string of the molecule is [C-]#[N+]c1c(-n2c3ccccc3c3c4oc5ccccc5c4ccc32)c(C#N)c(-c2ccccc2)c(-n2c3ccccc3c3c4oc5ccccc5c4ccc32)c1-n1c2ccccc2c2c3oc4ccccc4c3ccc21. The third-order valence-corrected chi connectivity index (χ3v) is 15.9. The van der Waals surface area contributed by atoms with E-state index in [2.05, 4.69) is 147 Å². The first-order chi connectivity index (χ1) is 37.7. The molecule has 0 spiro atoms. The molecule has 0 aliphatic heterocycles. The zero-order valence-electron chi connectivity index (χ0n) is 40.2. The summed E-state index contributed by atoms with van der Waals surface area (Å²) >= 11 is 0. The smallest absolute Gasteiger partial charge is 0.237 e. The van der Waals surface area contributed by atoms with Gasteiger partial charge >= 0.3 is 0 Å². The van der Waals surface area contributed by atoms with Gasteiger partial charge in [-0.2, -0.15) is 5.26 Å². The predicted molar refractivity (Wildman–Crippen MR) is 308 cm³/mol. The lowest BCUT2D eigenvalue weighted by Gasteiger charge is -2.26. The number of hydrogen-bond donors (Lipinski definition) is 0. The van der Waals surface area contributed by atoms with Crippen LogP contribution in [0.15, 0.2) is 226 Å². The van der Waals surface area contributed by atoms with Crippen molar-refractivity contribution in [2.24, 2.45) is 0 Å². The molecule has 11 aromatic carbocycles. The number of benzene rings is 11. The van der Waals surface area contributed by atoms with Crippen LogP contribution in [0.3, 0.4) is 0 Å². The summed E-state index contributed by atoms with van der Waals surface area (Å²) in [4.78, 5) is 4.74. The van der Waals surface area contributed by atoms with Gasteiger partial charge in [-0.25, -0.2) is 4.85 Å². The maximum absolute atomic E-state index is 12.3. The monoisotopic (exact) mass is 969 g/mol. The Morgan fingerprint density at radius 1 is 0.342 bits per heavy atom. The second-order valence-corrected chi connectivity index (χ2v) is 19.6. The summed E-state index contributed by atoms with van der Waals surface area (Å²) < 4.78 is 27.2. The fraction of sp³-hybridized carbons (Fsp3) is 0. The molecule has 0 radical (unpaired) electrons. The number of furan rings is 3. The predicted octanol–water partition coefficient (Wildman–Crippen LogP) is 18.8. The second-order valence-electron chi connectivity index (χ2n) is 19.6. The van der Waals surface area contributed by atoms with Gasteiger partial charge in [0.1, 0.15) is 39.6 Å². The van der Waals surface area contributed by atoms with E-state index in [-0.39, 0.29) is 0 Å². The summed E-state index contributed by atoms with van der Waals surface area (Å²) in [7, 11) is 0. The van der Waals surface area contributed by atoms with Crippen molar-refractivity contribution in [3.63, 3.8) is 0 Å². The van der Waals surface area contributed by atoms with E-state index in [1.807, 2.05) is 84.9 Å². The summed E-state index contributed by atoms with van der Waals surface area (Å²) in [5.74, 6) is 0. The number of rotatable bonds is 4. The van der Waals surface area contributed by atoms with Gasteiger partial charge in [0.25, 0.3) is 0 Å². The average molecular weight is 970 g/mol. The number of nitrogens with zero attached hydrogens (tertiary/aromatic N) is 5. The van der Waals surface area contributed by atoms with Crippen LogP contribution >= 0.6 is 0 Å². The molecule has 0 aliphatic carbocycles. The molecule has 0 N–H and O–H groups in total. The molecule has 0 amide bonds. The fourth-order valence-electron chi connectivity index (χ4n) is 12.9. The highest BCUT2D eigenvalue weighted by Crippen LogP contribution is 2.54. The van der Waals surface area contributed by atoms with Crippen LogP contribution in [0.1, 0.15) is 5.56 Å². The Bertz CT molecular complexity index is 5510. The van der Waals surface area contributed by atoms with Crippen molar-refractivity contribution in [1.82, 2.24) is 13.7 Å². The summed E-state index contributed by atoms with van der Waals surface area (Å²) in [5, 5.41) is 24.0. The van der Waals surface area contributed by atoms with E-state index >= 15 is 0 Å². The molecule has 0 fully saturated rings. The summed E-state index contributed by atoms with van der Waals surface area (Å²) in [6, 6.07) is 75.3. The molecule has 0 saturated carbocycles. The van der Waals surface area contributed by atoms with Crippen molar-refractivity contribution >= 4 is 137 Å². The molecule has 0 atom stereocenters. The normalized spacial score (nSPS) is 12.2. The molecule has 0 aliphatic rings. The van der Waals surface area contributed by atoms with E-state index in [4.69, 9.17) is 18.1 Å². The lowest BCUT2D eigenvalue weighted by atomic mass is 9.93. The van der Waals surface area contributed by atoms with Crippen molar-refractivity contribution in [2.45, 2.75) is 0 Å². The van der Waals surface area contributed by atoms with E-state index < -0.39 is 0 Å². The summed E-state index contributed by atoms with van der Waals surface area (Å²) in [5.41, 5.74) is 13.6. The topological polar surface area (TPSA) is 82.4 Å². The fourth-order valence-corrected chi connectivity index (χ4v) is 12.9. The maximum atomic E-state index is 12.3. The highest BCUT2D eigenvalue weighted by molar-refractivity contribution is 6.28. The molecule has 0 saturated heterocycles. The van der Waals surface area contributed by atoms with Crippen molar-refractivity contribution < 1.29 is 13.3 Å². The van der Waals surface area contributed by atoms with E-state index in [1.165, 1.54) is 0 Å². The van der Waals surface area contributed by atoms with E-state index in [1.54, 1.807) is 0 Å². The Labute approximate surface area is 430 Å². The number of aromatic nitrogens is 3. The van der Waals surface area contributed by atoms with Crippen molar-refractivity contribution in [3.8, 4) is 34.3 Å². The first-order valence-electron chi connectivity index (χ1n) is 25.3. The van der Waals surface area contributed by atoms with Crippen LogP contribution in [0.2, 0.25) is 0 Å². The minimum atomic E-state index is 0.293. The first-order valence-corrected chi connectivity index (χ1v) is 25.3. The van der Waals surface area contributed by atoms with Crippen LogP contribution in [0.4, 0.5) is 5.69 Å². The Morgan fingerprint density at radius 3 is 1.11 bits per heavy atom. The van der Waals surface area contributed by atoms with E-state index in [0.29, 0.717) is 33.9 Å². The van der Waals surface area contributed by atoms with Gasteiger partial charge in [0.15, 0.2) is 0 Å². The molecule has 0 unspecified atom stereocenters. The second kappa shape index (κ2) is 14.9. The molecule has 8 heteroatoms. The number of hydrogen-bond acceptors (Lipinski definition) is 4. The Hall–Kier alpha value is -10.8. The molecule has 6 heterocycles. The average Bonchev–Trinajstić information content (AvgIpc) is 4.45. The molecule has 17 rings (SSSR count). The van der Waals surface area contributed by atoms with Crippen LogP contribution in [-0.2, 0) is 0 Å². The number of nitriles is 1. The van der Waals surface area contributed by atoms with Crippen LogP contribution in [0.5, 0.6) is 0 Å². The third-order valence-electron chi connectivity index (χ3n) is 15.9. The standard InChI is InChI=1S/C68H35N5O3/c1-70-62-63(71-49-25-11-5-22-45(49)59-52(71)34-31-42-39-19-8-14-28-55(39)74-66(42)59)48(37-69)58(38-17-3-2-4-18-38)64(72-50-26-12-6-23-46(50)60-53(72)35-32-43-40-20-9-15-29-56(40)75-67(43)60)65(62)73-51-27-13-7-24-47(51)61-54(73)36-33-44-41-21-10-16-30-57(41)76-68(44)61/h2-36H. The molecule has 8 nitrogen and oxygen atoms in total. The van der Waals surface area contributed by atoms with Crippen molar-refractivity contribution in [3.05, 3.63) is 229 Å². The summed E-state index contributed by atoms with van der Waals surface area (Å²) in [6.45, 7) is 9.76. The largest absolute Gasteiger partial charge is 0.455 e. The zero-order valence-corrected chi connectivity index (χ0v) is 40.2. The zero-order chi connectivity index (χ0) is 49.9. The van der Waals surface area contributed by atoms with Gasteiger partial charge in [-0.05, 0) is 78.4 Å². The van der Waals surface area contributed by atoms with Crippen LogP contribution < -0.4 is 0 Å². The molecular formula is C68H35N5O3. The Balaban J connectivity index is 1.14. The quantitative estimate of drug-likeness (QED) is 0.165. The number of fused-ring (bicyclic) bond motifs is 21. The lowest BCUT2D eigenvalue weighted by molar-refractivity contribution is 0.672. The maximum Gasteiger partial charge on any atom is 0.237 e. The Kier molecular flexibility index (Phi) is 7.99. The lowest BCUT2D eigenvalue weighted by Crippen LogP contribution is -2.11. The minimum absolute atomic E-state index is 0.293. The van der Waals surface area contributed by atoms with Gasteiger partial charge in [-0.1, -0.05) is 140 Å². The van der Waals surface area contributed by atoms with Crippen LogP contribution in [0.25, 0.3) is 164 Å². The van der Waals surface area contributed by atoms with Gasteiger partial charge in [0, 0.05) is 54.0 Å². The summed E-state index contributed by atoms with van der Waals surface area (Å²) in [6.07, 6.45) is 0. The molecule has 17 aromatic rings. The van der Waals surface area contributed by atoms with E-state index in [0.717, 1.165) is 137 Å². The van der Waals surface area contributed by atoms with E-state index in [9.17, 15) is 11.8 Å².